The summed E-state index contributed by atoms with van der Waals surface area (Å²) in [5, 5.41) is 15.1. The van der Waals surface area contributed by atoms with Gasteiger partial charge in [0.2, 0.25) is 5.91 Å². The molecule has 2 bridgehead atoms. The van der Waals surface area contributed by atoms with Crippen molar-refractivity contribution in [2.75, 3.05) is 20.2 Å². The molecule has 45 heavy (non-hydrogen) atoms. The summed E-state index contributed by atoms with van der Waals surface area (Å²) in [7, 11) is -4.23. The number of carbonyl (C=O) groups is 3. The van der Waals surface area contributed by atoms with Crippen molar-refractivity contribution in [3.05, 3.63) is 23.5 Å². The summed E-state index contributed by atoms with van der Waals surface area (Å²) < 4.78 is 89.0. The third kappa shape index (κ3) is 6.44. The number of benzene rings is 1. The molecule has 1 saturated heterocycles. The maximum atomic E-state index is 15.0. The Bertz CT molecular complexity index is 1450. The zero-order valence-electron chi connectivity index (χ0n) is 24.9. The van der Waals surface area contributed by atoms with Crippen molar-refractivity contribution in [1.82, 2.24) is 14.9 Å². The summed E-state index contributed by atoms with van der Waals surface area (Å²) in [4.78, 5) is 38.6. The molecule has 3 saturated carbocycles. The lowest BCUT2D eigenvalue weighted by molar-refractivity contribution is -0.150. The first-order valence-electron chi connectivity index (χ1n) is 15.0. The molecule has 0 radical (unpaired) electrons. The number of hydrogen-bond donors (Lipinski definition) is 3. The van der Waals surface area contributed by atoms with E-state index in [0.717, 1.165) is 18.9 Å². The first-order valence-corrected chi connectivity index (χ1v) is 16.4. The number of amides is 2. The van der Waals surface area contributed by atoms with Crippen LogP contribution in [-0.4, -0.2) is 79.5 Å². The maximum absolute atomic E-state index is 15.0. The van der Waals surface area contributed by atoms with Gasteiger partial charge in [-0.2, -0.15) is 17.5 Å². The molecule has 250 valence electrons. The van der Waals surface area contributed by atoms with Crippen LogP contribution in [0.15, 0.2) is 12.1 Å². The van der Waals surface area contributed by atoms with Crippen molar-refractivity contribution in [3.63, 3.8) is 0 Å². The molecule has 1 heterocycles. The lowest BCUT2D eigenvalue weighted by Gasteiger charge is -2.34. The number of rotatable bonds is 9. The summed E-state index contributed by atoms with van der Waals surface area (Å²) in [5.74, 6) is -3.79. The maximum Gasteiger partial charge on any atom is 0.511 e. The van der Waals surface area contributed by atoms with Gasteiger partial charge in [-0.05, 0) is 76.2 Å². The molecule has 1 aromatic carbocycles. The molecule has 4 aliphatic rings. The van der Waals surface area contributed by atoms with E-state index in [2.05, 4.69) is 10.6 Å². The Balaban J connectivity index is 1.27. The molecule has 3 aliphatic carbocycles. The van der Waals surface area contributed by atoms with Crippen molar-refractivity contribution in [1.29, 1.82) is 0 Å². The Labute approximate surface area is 258 Å². The Kier molecular flexibility index (Phi) is 9.03. The lowest BCUT2D eigenvalue weighted by atomic mass is 9.75. The van der Waals surface area contributed by atoms with E-state index in [4.69, 9.17) is 9.47 Å². The minimum absolute atomic E-state index is 0.0188. The van der Waals surface area contributed by atoms with E-state index in [1.54, 1.807) is 6.92 Å². The number of sulfonamides is 1. The molecular formula is C29H37F4N3O8S. The van der Waals surface area contributed by atoms with Crippen LogP contribution < -0.4 is 20.1 Å². The van der Waals surface area contributed by atoms with E-state index < -0.39 is 75.2 Å². The summed E-state index contributed by atoms with van der Waals surface area (Å²) in [5.41, 5.74) is -6.34. The highest BCUT2D eigenvalue weighted by Crippen LogP contribution is 2.49. The number of hydrogen-bond acceptors (Lipinski definition) is 7. The molecule has 16 heteroatoms. The van der Waals surface area contributed by atoms with Gasteiger partial charge in [0.25, 0.3) is 5.91 Å². The van der Waals surface area contributed by atoms with E-state index in [9.17, 15) is 45.5 Å². The molecular weight excluding hydrogens is 626 g/mol. The first-order chi connectivity index (χ1) is 21.0. The van der Waals surface area contributed by atoms with Crippen molar-refractivity contribution < 1.29 is 54.9 Å². The van der Waals surface area contributed by atoms with Crippen LogP contribution in [0.25, 0.3) is 0 Å². The zero-order valence-corrected chi connectivity index (χ0v) is 25.7. The van der Waals surface area contributed by atoms with Gasteiger partial charge in [-0.3, -0.25) is 14.4 Å². The molecule has 0 unspecified atom stereocenters. The molecule has 1 aliphatic heterocycles. The van der Waals surface area contributed by atoms with Crippen molar-refractivity contribution in [2.24, 2.45) is 23.2 Å². The Morgan fingerprint density at radius 3 is 2.31 bits per heavy atom. The second kappa shape index (κ2) is 12.2. The Morgan fingerprint density at radius 1 is 1.02 bits per heavy atom. The number of halogens is 4. The SMILES string of the molecule is COc1cc(F)c(OC2CCC(C)(C(=O)O)CC2)cc1C(=O)N[C@@H]1[C@H]2CC[C@H](C2)[C@@H]1C(=O)N[C@@H]1CCN(S(=O)(=O)C(F)(F)F)C1. The summed E-state index contributed by atoms with van der Waals surface area (Å²) in [6.07, 6.45) is 3.19. The van der Waals surface area contributed by atoms with Gasteiger partial charge in [-0.1, -0.05) is 0 Å². The highest BCUT2D eigenvalue weighted by atomic mass is 32.2. The third-order valence-electron chi connectivity index (χ3n) is 9.99. The van der Waals surface area contributed by atoms with Gasteiger partial charge < -0.3 is 25.2 Å². The molecule has 4 fully saturated rings. The van der Waals surface area contributed by atoms with E-state index >= 15 is 0 Å². The van der Waals surface area contributed by atoms with Crippen LogP contribution in [0.3, 0.4) is 0 Å². The Morgan fingerprint density at radius 2 is 1.69 bits per heavy atom. The van der Waals surface area contributed by atoms with E-state index in [0.29, 0.717) is 36.4 Å². The van der Waals surface area contributed by atoms with E-state index in [1.165, 1.54) is 13.2 Å². The number of nitrogens with zero attached hydrogens (tertiary/aromatic N) is 1. The molecule has 0 spiro atoms. The standard InChI is InChI=1S/C29H37F4N3O8S/c1-28(27(39)40)8-5-18(6-9-28)44-22-12-19(21(43-2)13-20(22)30)25(37)35-24-16-4-3-15(11-16)23(24)26(38)34-17-7-10-36(14-17)45(41,42)29(31,32)33/h12-13,15-18,23-24H,3-11,14H2,1-2H3,(H,34,38)(H,35,37)(H,39,40)/t15-,16+,17-,18?,23+,24-,28?/m1/s1. The largest absolute Gasteiger partial charge is 0.511 e. The topological polar surface area (TPSA) is 151 Å². The van der Waals surface area contributed by atoms with E-state index in [-0.39, 0.29) is 41.9 Å². The minimum atomic E-state index is -5.51. The summed E-state index contributed by atoms with van der Waals surface area (Å²) >= 11 is 0. The van der Waals surface area contributed by atoms with Crippen LogP contribution >= 0.6 is 0 Å². The van der Waals surface area contributed by atoms with E-state index in [1.807, 2.05) is 0 Å². The average Bonchev–Trinajstić information content (AvgIpc) is 3.71. The summed E-state index contributed by atoms with van der Waals surface area (Å²) in [6.45, 7) is 0.779. The van der Waals surface area contributed by atoms with Crippen molar-refractivity contribution in [2.45, 2.75) is 82.0 Å². The Hall–Kier alpha value is -3.14. The molecule has 5 rings (SSSR count). The fourth-order valence-corrected chi connectivity index (χ4v) is 8.34. The number of alkyl halides is 3. The predicted octanol–water partition coefficient (Wildman–Crippen LogP) is 3.43. The van der Waals surface area contributed by atoms with Gasteiger partial charge >= 0.3 is 21.5 Å². The zero-order chi connectivity index (χ0) is 32.9. The van der Waals surface area contributed by atoms with Gasteiger partial charge in [0.15, 0.2) is 11.6 Å². The smallest absolute Gasteiger partial charge is 0.496 e. The second-order valence-electron chi connectivity index (χ2n) is 12.8. The van der Waals surface area contributed by atoms with Crippen LogP contribution in [0.1, 0.15) is 68.6 Å². The molecule has 11 nitrogen and oxygen atoms in total. The van der Waals surface area contributed by atoms with Crippen LogP contribution in [0, 0.1) is 29.0 Å². The molecule has 1 aromatic rings. The van der Waals surface area contributed by atoms with Crippen LogP contribution in [0.2, 0.25) is 0 Å². The van der Waals surface area contributed by atoms with Gasteiger partial charge in [0, 0.05) is 31.2 Å². The molecule has 0 aromatic heterocycles. The fourth-order valence-electron chi connectivity index (χ4n) is 7.33. The highest BCUT2D eigenvalue weighted by Gasteiger charge is 2.54. The number of fused-ring (bicyclic) bond motifs is 2. The number of aliphatic carboxylic acids is 1. The van der Waals surface area contributed by atoms with Gasteiger partial charge in [0.05, 0.1) is 30.1 Å². The van der Waals surface area contributed by atoms with Crippen molar-refractivity contribution in [3.8, 4) is 11.5 Å². The molecule has 2 amide bonds. The normalized spacial score (nSPS) is 31.9. The number of methoxy groups -OCH3 is 1. The monoisotopic (exact) mass is 663 g/mol. The number of ether oxygens (including phenoxy) is 2. The van der Waals surface area contributed by atoms with Crippen LogP contribution in [0.5, 0.6) is 11.5 Å². The minimum Gasteiger partial charge on any atom is -0.496 e. The quantitative estimate of drug-likeness (QED) is 0.340. The highest BCUT2D eigenvalue weighted by molar-refractivity contribution is 7.90. The molecule has 5 atom stereocenters. The van der Waals surface area contributed by atoms with Gasteiger partial charge in [-0.25, -0.2) is 12.8 Å². The molecule has 3 N–H and O–H groups in total. The first kappa shape index (κ1) is 33.2. The lowest BCUT2D eigenvalue weighted by Crippen LogP contribution is -2.52. The number of carboxylic acid groups (broad SMARTS) is 1. The number of nitrogens with one attached hydrogen (secondary N) is 2. The van der Waals surface area contributed by atoms with Gasteiger partial charge in [0.1, 0.15) is 5.75 Å². The van der Waals surface area contributed by atoms with Crippen molar-refractivity contribution >= 4 is 27.8 Å². The van der Waals surface area contributed by atoms with Crippen LogP contribution in [-0.2, 0) is 19.6 Å². The number of carbonyl (C=O) groups excluding carboxylic acids is 2. The fraction of sp³-hybridized carbons (Fsp3) is 0.690. The third-order valence-corrected chi connectivity index (χ3v) is 11.6. The summed E-state index contributed by atoms with van der Waals surface area (Å²) in [6, 6.07) is 0.833. The second-order valence-corrected chi connectivity index (χ2v) is 14.8. The number of carboxylic acids is 1. The predicted molar refractivity (Wildman–Crippen MR) is 150 cm³/mol. The van der Waals surface area contributed by atoms with Crippen LogP contribution in [0.4, 0.5) is 17.6 Å². The van der Waals surface area contributed by atoms with Gasteiger partial charge in [-0.15, -0.1) is 0 Å². The average molecular weight is 664 g/mol.